The molecule has 19 heavy (non-hydrogen) atoms. The third-order valence-electron chi connectivity index (χ3n) is 5.69. The van der Waals surface area contributed by atoms with Crippen molar-refractivity contribution in [3.63, 3.8) is 0 Å². The molecule has 1 atom stereocenters. The predicted octanol–water partition coefficient (Wildman–Crippen LogP) is 3.83. The molecule has 1 unspecified atom stereocenters. The van der Waals surface area contributed by atoms with Crippen LogP contribution in [0.15, 0.2) is 0 Å². The number of likely N-dealkylation sites (N-methyl/N-ethyl adjacent to an activating group) is 1. The van der Waals surface area contributed by atoms with Crippen LogP contribution in [0.2, 0.25) is 0 Å². The number of aliphatic hydroxyl groups is 1. The maximum absolute atomic E-state index is 10.4. The summed E-state index contributed by atoms with van der Waals surface area (Å²) in [6.07, 6.45) is 13.2. The Balaban J connectivity index is 1.72. The van der Waals surface area contributed by atoms with Gasteiger partial charge in [0.2, 0.25) is 0 Å². The number of rotatable bonds is 5. The van der Waals surface area contributed by atoms with Crippen molar-refractivity contribution in [2.45, 2.75) is 83.3 Å². The summed E-state index contributed by atoms with van der Waals surface area (Å²) in [5, 5.41) is 10.4. The summed E-state index contributed by atoms with van der Waals surface area (Å²) in [5.74, 6) is 1.54. The van der Waals surface area contributed by atoms with Gasteiger partial charge in [-0.05, 0) is 57.4 Å². The minimum Gasteiger partial charge on any atom is -0.392 e. The molecule has 0 radical (unpaired) electrons. The molecule has 2 fully saturated rings. The third kappa shape index (κ3) is 4.46. The van der Waals surface area contributed by atoms with Gasteiger partial charge in [-0.3, -0.25) is 0 Å². The van der Waals surface area contributed by atoms with Crippen LogP contribution in [0.25, 0.3) is 0 Å². The van der Waals surface area contributed by atoms with E-state index in [-0.39, 0.29) is 6.10 Å². The minimum absolute atomic E-state index is 0.0887. The zero-order chi connectivity index (χ0) is 13.7. The van der Waals surface area contributed by atoms with Crippen molar-refractivity contribution in [2.24, 2.45) is 11.8 Å². The van der Waals surface area contributed by atoms with Crippen LogP contribution < -0.4 is 0 Å². The fourth-order valence-corrected chi connectivity index (χ4v) is 4.11. The van der Waals surface area contributed by atoms with E-state index in [1.54, 1.807) is 0 Å². The largest absolute Gasteiger partial charge is 0.392 e. The van der Waals surface area contributed by atoms with E-state index in [0.717, 1.165) is 18.5 Å². The molecule has 2 rings (SSSR count). The first-order valence-electron chi connectivity index (χ1n) is 8.59. The summed E-state index contributed by atoms with van der Waals surface area (Å²) in [5.41, 5.74) is 0. The van der Waals surface area contributed by atoms with Crippen LogP contribution in [0, 0.1) is 11.8 Å². The topological polar surface area (TPSA) is 23.5 Å². The molecular formula is C17H33NO. The summed E-state index contributed by atoms with van der Waals surface area (Å²) in [6.45, 7) is 3.22. The molecule has 1 N–H and O–H groups in total. The molecule has 0 spiro atoms. The molecule has 2 aliphatic rings. The van der Waals surface area contributed by atoms with Crippen LogP contribution in [0.5, 0.6) is 0 Å². The van der Waals surface area contributed by atoms with Crippen LogP contribution >= 0.6 is 0 Å². The Bertz CT molecular complexity index is 242. The van der Waals surface area contributed by atoms with Crippen LogP contribution in [-0.2, 0) is 0 Å². The number of hydrogen-bond donors (Lipinski definition) is 1. The Kier molecular flexibility index (Phi) is 6.15. The third-order valence-corrected chi connectivity index (χ3v) is 5.69. The summed E-state index contributed by atoms with van der Waals surface area (Å²) < 4.78 is 0. The molecule has 0 heterocycles. The van der Waals surface area contributed by atoms with Crippen molar-refractivity contribution in [1.82, 2.24) is 4.90 Å². The van der Waals surface area contributed by atoms with Crippen molar-refractivity contribution in [1.29, 1.82) is 0 Å². The zero-order valence-corrected chi connectivity index (χ0v) is 13.0. The second-order valence-electron chi connectivity index (χ2n) is 6.99. The van der Waals surface area contributed by atoms with Gasteiger partial charge in [0.1, 0.15) is 0 Å². The zero-order valence-electron chi connectivity index (χ0n) is 13.0. The first kappa shape index (κ1) is 15.3. The molecule has 0 bridgehead atoms. The van der Waals surface area contributed by atoms with Crippen molar-refractivity contribution in [3.8, 4) is 0 Å². The van der Waals surface area contributed by atoms with Gasteiger partial charge >= 0.3 is 0 Å². The first-order chi connectivity index (χ1) is 9.20. The fourth-order valence-electron chi connectivity index (χ4n) is 4.11. The first-order valence-corrected chi connectivity index (χ1v) is 8.59. The quantitative estimate of drug-likeness (QED) is 0.818. The molecule has 0 amide bonds. The van der Waals surface area contributed by atoms with Crippen molar-refractivity contribution >= 4 is 0 Å². The molecule has 0 aromatic heterocycles. The van der Waals surface area contributed by atoms with Gasteiger partial charge in [-0.25, -0.2) is 0 Å². The molecule has 2 heteroatoms. The molecule has 0 aromatic carbocycles. The fraction of sp³-hybridized carbons (Fsp3) is 1.00. The van der Waals surface area contributed by atoms with Crippen LogP contribution in [0.3, 0.4) is 0 Å². The van der Waals surface area contributed by atoms with Gasteiger partial charge in [0.25, 0.3) is 0 Å². The number of aliphatic hydroxyl groups excluding tert-OH is 1. The van der Waals surface area contributed by atoms with E-state index in [4.69, 9.17) is 0 Å². The Labute approximate surface area is 119 Å². The van der Waals surface area contributed by atoms with E-state index >= 15 is 0 Å². The summed E-state index contributed by atoms with van der Waals surface area (Å²) in [6, 6.07) is 0.723. The number of hydrogen-bond acceptors (Lipinski definition) is 2. The average Bonchev–Trinajstić information content (AvgIpc) is 2.48. The van der Waals surface area contributed by atoms with Gasteiger partial charge in [0.05, 0.1) is 6.10 Å². The van der Waals surface area contributed by atoms with Crippen LogP contribution in [0.4, 0.5) is 0 Å². The second-order valence-corrected chi connectivity index (χ2v) is 6.99. The van der Waals surface area contributed by atoms with Crippen LogP contribution in [0.1, 0.15) is 71.1 Å². The number of nitrogens with zero attached hydrogens (tertiary/aromatic N) is 1. The molecule has 2 aliphatic carbocycles. The van der Waals surface area contributed by atoms with Gasteiger partial charge in [-0.2, -0.15) is 0 Å². The molecule has 2 nitrogen and oxygen atoms in total. The van der Waals surface area contributed by atoms with E-state index in [9.17, 15) is 5.11 Å². The average molecular weight is 267 g/mol. The Morgan fingerprint density at radius 1 is 1.00 bits per heavy atom. The van der Waals surface area contributed by atoms with E-state index in [1.807, 2.05) is 0 Å². The minimum atomic E-state index is -0.0887. The van der Waals surface area contributed by atoms with Gasteiger partial charge in [0.15, 0.2) is 0 Å². The van der Waals surface area contributed by atoms with Gasteiger partial charge in [0, 0.05) is 12.6 Å². The van der Waals surface area contributed by atoms with Gasteiger partial charge in [-0.1, -0.05) is 32.6 Å². The van der Waals surface area contributed by atoms with Crippen molar-refractivity contribution in [2.75, 3.05) is 13.6 Å². The molecule has 0 aromatic rings. The normalized spacial score (nSPS) is 31.6. The standard InChI is InChI=1S/C17H33NO/c1-3-14-9-11-16(12-10-14)18(2)13-17(19)15-7-5-4-6-8-15/h14-17,19H,3-13H2,1-2H3. The lowest BCUT2D eigenvalue weighted by Crippen LogP contribution is -2.42. The Morgan fingerprint density at radius 2 is 1.63 bits per heavy atom. The second kappa shape index (κ2) is 7.64. The monoisotopic (exact) mass is 267 g/mol. The molecule has 0 saturated heterocycles. The lowest BCUT2D eigenvalue weighted by molar-refractivity contribution is 0.0343. The Morgan fingerprint density at radius 3 is 2.21 bits per heavy atom. The molecule has 2 saturated carbocycles. The highest BCUT2D eigenvalue weighted by Gasteiger charge is 2.27. The Hall–Kier alpha value is -0.0800. The smallest absolute Gasteiger partial charge is 0.0695 e. The van der Waals surface area contributed by atoms with Gasteiger partial charge in [-0.15, -0.1) is 0 Å². The predicted molar refractivity (Wildman–Crippen MR) is 81.2 cm³/mol. The molecule has 0 aliphatic heterocycles. The summed E-state index contributed by atoms with van der Waals surface area (Å²) in [7, 11) is 2.23. The summed E-state index contributed by atoms with van der Waals surface area (Å²) >= 11 is 0. The maximum atomic E-state index is 10.4. The van der Waals surface area contributed by atoms with Crippen molar-refractivity contribution in [3.05, 3.63) is 0 Å². The van der Waals surface area contributed by atoms with E-state index in [0.29, 0.717) is 5.92 Å². The van der Waals surface area contributed by atoms with E-state index < -0.39 is 0 Å². The van der Waals surface area contributed by atoms with Crippen molar-refractivity contribution < 1.29 is 5.11 Å². The van der Waals surface area contributed by atoms with E-state index in [2.05, 4.69) is 18.9 Å². The molecule has 112 valence electrons. The highest BCUT2D eigenvalue weighted by Crippen LogP contribution is 2.30. The maximum Gasteiger partial charge on any atom is 0.0695 e. The molecular weight excluding hydrogens is 234 g/mol. The highest BCUT2D eigenvalue weighted by atomic mass is 16.3. The van der Waals surface area contributed by atoms with Gasteiger partial charge < -0.3 is 10.0 Å². The van der Waals surface area contributed by atoms with E-state index in [1.165, 1.54) is 64.2 Å². The highest BCUT2D eigenvalue weighted by molar-refractivity contribution is 4.81. The van der Waals surface area contributed by atoms with Crippen LogP contribution in [-0.4, -0.2) is 35.7 Å². The lowest BCUT2D eigenvalue weighted by atomic mass is 9.83. The SMILES string of the molecule is CCC1CCC(N(C)CC(O)C2CCCCC2)CC1. The summed E-state index contributed by atoms with van der Waals surface area (Å²) in [4.78, 5) is 2.45. The lowest BCUT2D eigenvalue weighted by Gasteiger charge is -2.37.